The highest BCUT2D eigenvalue weighted by atomic mass is 16.6. The molecule has 1 fully saturated rings. The Bertz CT molecular complexity index is 259. The van der Waals surface area contributed by atoms with Crippen LogP contribution in [0, 0.1) is 5.92 Å². The molecule has 0 saturated carbocycles. The first-order valence-electron chi connectivity index (χ1n) is 6.51. The lowest BCUT2D eigenvalue weighted by Crippen LogP contribution is -2.45. The summed E-state index contributed by atoms with van der Waals surface area (Å²) in [6.07, 6.45) is 0.800. The highest BCUT2D eigenvalue weighted by molar-refractivity contribution is 5.68. The SMILES string of the molecule is CC(C)C1CN(C(=O)OC(C)(C)C)CCCN1. The predicted octanol–water partition coefficient (Wildman–Crippen LogP) is 2.24. The maximum atomic E-state index is 12.0. The average molecular weight is 242 g/mol. The van der Waals surface area contributed by atoms with Crippen LogP contribution < -0.4 is 5.32 Å². The molecule has 1 rings (SSSR count). The van der Waals surface area contributed by atoms with Gasteiger partial charge < -0.3 is 15.0 Å². The van der Waals surface area contributed by atoms with Gasteiger partial charge in [0.2, 0.25) is 0 Å². The molecule has 0 aromatic rings. The molecule has 1 N–H and O–H groups in total. The zero-order valence-corrected chi connectivity index (χ0v) is 11.7. The minimum absolute atomic E-state index is 0.188. The van der Waals surface area contributed by atoms with Crippen molar-refractivity contribution < 1.29 is 9.53 Å². The van der Waals surface area contributed by atoms with E-state index in [1.54, 1.807) is 0 Å². The zero-order chi connectivity index (χ0) is 13.1. The van der Waals surface area contributed by atoms with Crippen LogP contribution in [0.5, 0.6) is 0 Å². The van der Waals surface area contributed by atoms with Crippen LogP contribution in [0.2, 0.25) is 0 Å². The number of hydrogen-bond acceptors (Lipinski definition) is 3. The monoisotopic (exact) mass is 242 g/mol. The van der Waals surface area contributed by atoms with Crippen molar-refractivity contribution in [2.24, 2.45) is 5.92 Å². The molecule has 4 heteroatoms. The molecule has 0 aromatic carbocycles. The fourth-order valence-corrected chi connectivity index (χ4v) is 1.89. The quantitative estimate of drug-likeness (QED) is 0.766. The number of nitrogens with zero attached hydrogens (tertiary/aromatic N) is 1. The van der Waals surface area contributed by atoms with Crippen molar-refractivity contribution in [2.45, 2.75) is 52.7 Å². The number of nitrogens with one attached hydrogen (secondary N) is 1. The molecule has 1 heterocycles. The maximum Gasteiger partial charge on any atom is 0.410 e. The first kappa shape index (κ1) is 14.3. The van der Waals surface area contributed by atoms with Gasteiger partial charge in [-0.05, 0) is 39.7 Å². The van der Waals surface area contributed by atoms with Crippen LogP contribution in [0.25, 0.3) is 0 Å². The second kappa shape index (κ2) is 5.71. The first-order valence-corrected chi connectivity index (χ1v) is 6.51. The summed E-state index contributed by atoms with van der Waals surface area (Å²) in [6.45, 7) is 12.6. The number of ether oxygens (including phenoxy) is 1. The molecule has 1 saturated heterocycles. The summed E-state index contributed by atoms with van der Waals surface area (Å²) in [5, 5.41) is 3.48. The molecular formula is C13H26N2O2. The van der Waals surface area contributed by atoms with Crippen LogP contribution in [0.4, 0.5) is 4.79 Å². The van der Waals surface area contributed by atoms with E-state index >= 15 is 0 Å². The highest BCUT2D eigenvalue weighted by Gasteiger charge is 2.27. The van der Waals surface area contributed by atoms with Crippen molar-refractivity contribution in [2.75, 3.05) is 19.6 Å². The second-order valence-corrected chi connectivity index (χ2v) is 6.08. The highest BCUT2D eigenvalue weighted by Crippen LogP contribution is 2.14. The molecule has 0 bridgehead atoms. The van der Waals surface area contributed by atoms with Crippen molar-refractivity contribution in [1.29, 1.82) is 0 Å². The minimum Gasteiger partial charge on any atom is -0.444 e. The summed E-state index contributed by atoms with van der Waals surface area (Å²) in [4.78, 5) is 13.8. The van der Waals surface area contributed by atoms with Crippen LogP contribution in [-0.4, -0.2) is 42.3 Å². The van der Waals surface area contributed by atoms with Crippen LogP contribution in [0.1, 0.15) is 41.0 Å². The van der Waals surface area contributed by atoms with E-state index in [0.29, 0.717) is 12.0 Å². The van der Waals surface area contributed by atoms with E-state index < -0.39 is 5.60 Å². The summed E-state index contributed by atoms with van der Waals surface area (Å²) < 4.78 is 5.42. The fraction of sp³-hybridized carbons (Fsp3) is 0.923. The molecule has 1 amide bonds. The van der Waals surface area contributed by atoms with Gasteiger partial charge in [-0.2, -0.15) is 0 Å². The Kier molecular flexibility index (Phi) is 4.80. The molecule has 0 radical (unpaired) electrons. The minimum atomic E-state index is -0.413. The van der Waals surface area contributed by atoms with E-state index in [-0.39, 0.29) is 6.09 Å². The Balaban J connectivity index is 2.59. The Morgan fingerprint density at radius 2 is 2.06 bits per heavy atom. The van der Waals surface area contributed by atoms with Gasteiger partial charge in [-0.15, -0.1) is 0 Å². The molecule has 1 atom stereocenters. The van der Waals surface area contributed by atoms with E-state index in [9.17, 15) is 4.79 Å². The van der Waals surface area contributed by atoms with Crippen molar-refractivity contribution >= 4 is 6.09 Å². The smallest absolute Gasteiger partial charge is 0.410 e. The van der Waals surface area contributed by atoms with Gasteiger partial charge in [-0.25, -0.2) is 4.79 Å². The maximum absolute atomic E-state index is 12.0. The standard InChI is InChI=1S/C13H26N2O2/c1-10(2)11-9-15(8-6-7-14-11)12(16)17-13(3,4)5/h10-11,14H,6-9H2,1-5H3. The third kappa shape index (κ3) is 4.94. The van der Waals surface area contributed by atoms with E-state index in [1.807, 2.05) is 25.7 Å². The van der Waals surface area contributed by atoms with E-state index in [0.717, 1.165) is 26.1 Å². The van der Waals surface area contributed by atoms with Gasteiger partial charge >= 0.3 is 6.09 Å². The molecule has 4 nitrogen and oxygen atoms in total. The largest absolute Gasteiger partial charge is 0.444 e. The normalized spacial score (nSPS) is 22.5. The van der Waals surface area contributed by atoms with Crippen molar-refractivity contribution in [1.82, 2.24) is 10.2 Å². The van der Waals surface area contributed by atoms with Gasteiger partial charge in [0.25, 0.3) is 0 Å². The van der Waals surface area contributed by atoms with Gasteiger partial charge in [-0.1, -0.05) is 13.8 Å². The van der Waals surface area contributed by atoms with Gasteiger partial charge in [-0.3, -0.25) is 0 Å². The van der Waals surface area contributed by atoms with Gasteiger partial charge in [0.15, 0.2) is 0 Å². The van der Waals surface area contributed by atoms with E-state index in [4.69, 9.17) is 4.74 Å². The predicted molar refractivity (Wildman–Crippen MR) is 69.1 cm³/mol. The molecule has 0 aromatic heterocycles. The summed E-state index contributed by atoms with van der Waals surface area (Å²) in [6, 6.07) is 0.366. The molecular weight excluding hydrogens is 216 g/mol. The Labute approximate surface area is 105 Å². The van der Waals surface area contributed by atoms with Crippen LogP contribution in [0.15, 0.2) is 0 Å². The van der Waals surface area contributed by atoms with Crippen molar-refractivity contribution in [3.8, 4) is 0 Å². The van der Waals surface area contributed by atoms with Gasteiger partial charge in [0.05, 0.1) is 0 Å². The Morgan fingerprint density at radius 1 is 1.41 bits per heavy atom. The molecule has 1 aliphatic heterocycles. The van der Waals surface area contributed by atoms with Crippen LogP contribution >= 0.6 is 0 Å². The molecule has 100 valence electrons. The summed E-state index contributed by atoms with van der Waals surface area (Å²) >= 11 is 0. The lowest BCUT2D eigenvalue weighted by molar-refractivity contribution is 0.0240. The first-order chi connectivity index (χ1) is 7.79. The lowest BCUT2D eigenvalue weighted by atomic mass is 10.0. The summed E-state index contributed by atoms with van der Waals surface area (Å²) in [5.74, 6) is 0.526. The fourth-order valence-electron chi connectivity index (χ4n) is 1.89. The van der Waals surface area contributed by atoms with E-state index in [1.165, 1.54) is 0 Å². The lowest BCUT2D eigenvalue weighted by Gasteiger charge is -2.29. The van der Waals surface area contributed by atoms with Crippen LogP contribution in [0.3, 0.4) is 0 Å². The number of amides is 1. The van der Waals surface area contributed by atoms with Crippen molar-refractivity contribution in [3.63, 3.8) is 0 Å². The molecule has 0 spiro atoms. The Hall–Kier alpha value is -0.770. The zero-order valence-electron chi connectivity index (χ0n) is 11.7. The molecule has 1 unspecified atom stereocenters. The summed E-state index contributed by atoms with van der Waals surface area (Å²) in [5.41, 5.74) is -0.413. The third-order valence-corrected chi connectivity index (χ3v) is 2.88. The Morgan fingerprint density at radius 3 is 2.59 bits per heavy atom. The van der Waals surface area contributed by atoms with E-state index in [2.05, 4.69) is 19.2 Å². The molecule has 0 aliphatic carbocycles. The van der Waals surface area contributed by atoms with Gasteiger partial charge in [0, 0.05) is 19.1 Å². The third-order valence-electron chi connectivity index (χ3n) is 2.88. The molecule has 1 aliphatic rings. The average Bonchev–Trinajstić information content (AvgIpc) is 2.39. The van der Waals surface area contributed by atoms with Gasteiger partial charge in [0.1, 0.15) is 5.60 Å². The number of carbonyl (C=O) groups is 1. The summed E-state index contributed by atoms with van der Waals surface area (Å²) in [7, 11) is 0. The van der Waals surface area contributed by atoms with Crippen molar-refractivity contribution in [3.05, 3.63) is 0 Å². The number of rotatable bonds is 1. The number of hydrogen-bond donors (Lipinski definition) is 1. The number of carbonyl (C=O) groups excluding carboxylic acids is 1. The second-order valence-electron chi connectivity index (χ2n) is 6.08. The topological polar surface area (TPSA) is 41.6 Å². The molecule has 17 heavy (non-hydrogen) atoms. The van der Waals surface area contributed by atoms with Crippen LogP contribution in [-0.2, 0) is 4.74 Å².